The van der Waals surface area contributed by atoms with Crippen molar-refractivity contribution in [1.29, 1.82) is 0 Å². The van der Waals surface area contributed by atoms with Gasteiger partial charge in [-0.15, -0.1) is 0 Å². The van der Waals surface area contributed by atoms with Gasteiger partial charge in [0.15, 0.2) is 5.82 Å². The summed E-state index contributed by atoms with van der Waals surface area (Å²) < 4.78 is 4.98. The maximum Gasteiger partial charge on any atom is 0.247 e. The summed E-state index contributed by atoms with van der Waals surface area (Å²) >= 11 is 0. The fraction of sp³-hybridized carbons (Fsp3) is 0.375. The van der Waals surface area contributed by atoms with Gasteiger partial charge >= 0.3 is 0 Å². The summed E-state index contributed by atoms with van der Waals surface area (Å²) in [6.45, 7) is 2.95. The minimum absolute atomic E-state index is 0.173. The number of nitrogens with one attached hydrogen (secondary N) is 1. The van der Waals surface area contributed by atoms with E-state index < -0.39 is 6.04 Å². The lowest BCUT2D eigenvalue weighted by atomic mass is 10.0. The number of anilines is 1. The molecule has 6 nitrogen and oxygen atoms in total. The van der Waals surface area contributed by atoms with E-state index in [1.807, 2.05) is 35.2 Å². The van der Waals surface area contributed by atoms with E-state index in [4.69, 9.17) is 4.52 Å². The number of benzene rings is 1. The van der Waals surface area contributed by atoms with E-state index in [0.717, 1.165) is 5.56 Å². The number of amides is 1. The molecule has 0 saturated carbocycles. The van der Waals surface area contributed by atoms with Crippen molar-refractivity contribution in [1.82, 2.24) is 10.1 Å². The molecule has 116 valence electrons. The molecule has 22 heavy (non-hydrogen) atoms. The first kappa shape index (κ1) is 14.7. The quantitative estimate of drug-likeness (QED) is 0.899. The average Bonchev–Trinajstić information content (AvgIpc) is 3.09. The van der Waals surface area contributed by atoms with Crippen molar-refractivity contribution >= 4 is 11.7 Å². The van der Waals surface area contributed by atoms with Crippen LogP contribution in [0.25, 0.3) is 0 Å². The fourth-order valence-corrected chi connectivity index (χ4v) is 2.79. The first-order chi connectivity index (χ1) is 10.6. The Morgan fingerprint density at radius 3 is 2.82 bits per heavy atom. The molecule has 2 aromatic rings. The van der Waals surface area contributed by atoms with Crippen LogP contribution in [-0.2, 0) is 4.79 Å². The Kier molecular flexibility index (Phi) is 4.22. The molecule has 1 aliphatic heterocycles. The van der Waals surface area contributed by atoms with Gasteiger partial charge in [-0.25, -0.2) is 0 Å². The van der Waals surface area contributed by atoms with Crippen LogP contribution in [0.3, 0.4) is 0 Å². The molecule has 1 aromatic heterocycles. The highest BCUT2D eigenvalue weighted by molar-refractivity contribution is 5.94. The lowest BCUT2D eigenvalue weighted by Gasteiger charge is -2.26. The summed E-state index contributed by atoms with van der Waals surface area (Å²) in [5.74, 6) is 0.875. The molecule has 1 aliphatic rings. The van der Waals surface area contributed by atoms with Crippen LogP contribution in [-0.4, -0.2) is 40.3 Å². The summed E-state index contributed by atoms with van der Waals surface area (Å²) in [5, 5.41) is 16.4. The Balaban J connectivity index is 1.83. The van der Waals surface area contributed by atoms with Crippen molar-refractivity contribution in [3.8, 4) is 0 Å². The van der Waals surface area contributed by atoms with Crippen LogP contribution in [0.2, 0.25) is 0 Å². The number of β-amino-alcohol motifs (C(OH)–C–C–N with tert-alkyl or cyclic N) is 1. The Hall–Kier alpha value is -2.18. The Morgan fingerprint density at radius 2 is 2.23 bits per heavy atom. The summed E-state index contributed by atoms with van der Waals surface area (Å²) in [6, 6.07) is 10.8. The van der Waals surface area contributed by atoms with E-state index in [9.17, 15) is 9.90 Å². The van der Waals surface area contributed by atoms with E-state index >= 15 is 0 Å². The normalized spacial score (nSPS) is 20.0. The third kappa shape index (κ3) is 3.18. The number of aliphatic hydroxyl groups excluding tert-OH is 1. The van der Waals surface area contributed by atoms with Gasteiger partial charge in [0.25, 0.3) is 0 Å². The molecule has 0 spiro atoms. The molecule has 2 heterocycles. The van der Waals surface area contributed by atoms with Crippen molar-refractivity contribution < 1.29 is 14.4 Å². The lowest BCUT2D eigenvalue weighted by molar-refractivity contribution is -0.121. The number of likely N-dealkylation sites (tertiary alicyclic amines) is 1. The van der Waals surface area contributed by atoms with Gasteiger partial charge in [0.1, 0.15) is 11.8 Å². The highest BCUT2D eigenvalue weighted by atomic mass is 16.5. The zero-order valence-electron chi connectivity index (χ0n) is 12.4. The van der Waals surface area contributed by atoms with Crippen molar-refractivity contribution in [3.05, 3.63) is 47.7 Å². The fourth-order valence-electron chi connectivity index (χ4n) is 2.79. The lowest BCUT2D eigenvalue weighted by Crippen LogP contribution is -2.36. The highest BCUT2D eigenvalue weighted by Gasteiger charge is 2.33. The molecule has 6 heteroatoms. The summed E-state index contributed by atoms with van der Waals surface area (Å²) in [5.41, 5.74) is 0.898. The molecule has 1 unspecified atom stereocenters. The van der Waals surface area contributed by atoms with Crippen molar-refractivity contribution in [2.45, 2.75) is 25.5 Å². The van der Waals surface area contributed by atoms with Crippen molar-refractivity contribution in [2.24, 2.45) is 0 Å². The predicted octanol–water partition coefficient (Wildman–Crippen LogP) is 1.73. The van der Waals surface area contributed by atoms with Crippen molar-refractivity contribution in [3.63, 3.8) is 0 Å². The first-order valence-electron chi connectivity index (χ1n) is 7.35. The minimum atomic E-state index is -0.449. The topological polar surface area (TPSA) is 78.6 Å². The highest BCUT2D eigenvalue weighted by Crippen LogP contribution is 2.26. The summed E-state index contributed by atoms with van der Waals surface area (Å²) in [6.07, 6.45) is 0.299. The van der Waals surface area contributed by atoms with Crippen molar-refractivity contribution in [2.75, 3.05) is 18.4 Å². The molecule has 1 amide bonds. The standard InChI is InChI=1S/C16H19N3O3/c1-11-9-14(18-22-11)17-16(21)15(12-5-3-2-4-6-12)19-8-7-13(20)10-19/h2-6,9,13,15,20H,7-8,10H2,1H3,(H,17,18,21)/t13-,15?/m0/s1. The maximum absolute atomic E-state index is 12.7. The second-order valence-electron chi connectivity index (χ2n) is 5.56. The third-order valence-corrected chi connectivity index (χ3v) is 3.80. The van der Waals surface area contributed by atoms with Gasteiger partial charge in [0.05, 0.1) is 6.10 Å². The van der Waals surface area contributed by atoms with E-state index in [2.05, 4.69) is 10.5 Å². The molecular weight excluding hydrogens is 282 g/mol. The number of rotatable bonds is 4. The first-order valence-corrected chi connectivity index (χ1v) is 7.35. The number of nitrogens with zero attached hydrogens (tertiary/aromatic N) is 2. The molecular formula is C16H19N3O3. The van der Waals surface area contributed by atoms with Gasteiger partial charge in [-0.2, -0.15) is 0 Å². The number of carbonyl (C=O) groups excluding carboxylic acids is 1. The Morgan fingerprint density at radius 1 is 1.45 bits per heavy atom. The largest absolute Gasteiger partial charge is 0.392 e. The molecule has 0 aliphatic carbocycles. The second-order valence-corrected chi connectivity index (χ2v) is 5.56. The molecule has 1 saturated heterocycles. The minimum Gasteiger partial charge on any atom is -0.392 e. The average molecular weight is 301 g/mol. The second kappa shape index (κ2) is 6.29. The van der Waals surface area contributed by atoms with Crippen LogP contribution in [0.5, 0.6) is 0 Å². The number of carbonyl (C=O) groups is 1. The summed E-state index contributed by atoms with van der Waals surface area (Å²) in [7, 11) is 0. The maximum atomic E-state index is 12.7. The number of aliphatic hydroxyl groups is 1. The van der Waals surface area contributed by atoms with Gasteiger partial charge in [-0.1, -0.05) is 35.5 Å². The van der Waals surface area contributed by atoms with E-state index in [1.54, 1.807) is 13.0 Å². The number of hydrogen-bond donors (Lipinski definition) is 2. The number of aromatic nitrogens is 1. The Bertz CT molecular complexity index is 641. The molecule has 1 fully saturated rings. The van der Waals surface area contributed by atoms with Crippen LogP contribution in [0.1, 0.15) is 23.8 Å². The van der Waals surface area contributed by atoms with Crippen LogP contribution >= 0.6 is 0 Å². The molecule has 0 radical (unpaired) electrons. The monoisotopic (exact) mass is 301 g/mol. The Labute approximate surface area is 128 Å². The van der Waals surface area contributed by atoms with Crippen LogP contribution in [0.4, 0.5) is 5.82 Å². The van der Waals surface area contributed by atoms with E-state index in [0.29, 0.717) is 31.1 Å². The van der Waals surface area contributed by atoms with Crippen LogP contribution in [0.15, 0.2) is 40.9 Å². The molecule has 2 N–H and O–H groups in total. The number of hydrogen-bond acceptors (Lipinski definition) is 5. The number of aryl methyl sites for hydroxylation is 1. The molecule has 3 rings (SSSR count). The third-order valence-electron chi connectivity index (χ3n) is 3.80. The van der Waals surface area contributed by atoms with Gasteiger partial charge in [0.2, 0.25) is 5.91 Å². The SMILES string of the molecule is Cc1cc(NC(=O)C(c2ccccc2)N2CC[C@H](O)C2)no1. The smallest absolute Gasteiger partial charge is 0.247 e. The molecule has 0 bridgehead atoms. The molecule has 1 aromatic carbocycles. The van der Waals surface area contributed by atoms with Gasteiger partial charge in [0, 0.05) is 19.2 Å². The predicted molar refractivity (Wildman–Crippen MR) is 81.2 cm³/mol. The van der Waals surface area contributed by atoms with Crippen LogP contribution < -0.4 is 5.32 Å². The van der Waals surface area contributed by atoms with Gasteiger partial charge in [-0.05, 0) is 18.9 Å². The van der Waals surface area contributed by atoms with Gasteiger partial charge < -0.3 is 14.9 Å². The van der Waals surface area contributed by atoms with Crippen LogP contribution in [0, 0.1) is 6.92 Å². The zero-order valence-corrected chi connectivity index (χ0v) is 12.4. The van der Waals surface area contributed by atoms with E-state index in [1.165, 1.54) is 0 Å². The zero-order chi connectivity index (χ0) is 15.5. The van der Waals surface area contributed by atoms with E-state index in [-0.39, 0.29) is 12.0 Å². The summed E-state index contributed by atoms with van der Waals surface area (Å²) in [4.78, 5) is 14.7. The van der Waals surface area contributed by atoms with Gasteiger partial charge in [-0.3, -0.25) is 9.69 Å². The molecule has 2 atom stereocenters.